The predicted octanol–water partition coefficient (Wildman–Crippen LogP) is 2.92. The van der Waals surface area contributed by atoms with Gasteiger partial charge in [-0.1, -0.05) is 23.7 Å². The number of nitriles is 1. The molecule has 1 N–H and O–H groups in total. The molecule has 0 aliphatic heterocycles. The first-order valence-electron chi connectivity index (χ1n) is 5.87. The number of rotatable bonds is 3. The highest BCUT2D eigenvalue weighted by Gasteiger charge is 2.11. The van der Waals surface area contributed by atoms with Gasteiger partial charge in [-0.3, -0.25) is 4.79 Å². The molecule has 0 amide bonds. The fraction of sp³-hybridized carbons (Fsp3) is 0.214. The highest BCUT2D eigenvalue weighted by atomic mass is 35.5. The molecule has 2 aromatic rings. The Labute approximate surface area is 125 Å². The minimum Gasteiger partial charge on any atom is -0.309 e. The third kappa shape index (κ3) is 3.03. The molecule has 0 aliphatic rings. The second kappa shape index (κ2) is 6.12. The molecule has 0 fully saturated rings. The van der Waals surface area contributed by atoms with Crippen molar-refractivity contribution in [1.29, 1.82) is 5.26 Å². The maximum atomic E-state index is 11.8. The quantitative estimate of drug-likeness (QED) is 0.699. The average Bonchev–Trinajstić information content (AvgIpc) is 2.42. The Kier molecular flexibility index (Phi) is 4.48. The van der Waals surface area contributed by atoms with Crippen molar-refractivity contribution in [2.45, 2.75) is 18.4 Å². The van der Waals surface area contributed by atoms with Crippen molar-refractivity contribution >= 4 is 23.4 Å². The summed E-state index contributed by atoms with van der Waals surface area (Å²) < 4.78 is 0. The van der Waals surface area contributed by atoms with Crippen LogP contribution in [0.3, 0.4) is 0 Å². The smallest absolute Gasteiger partial charge is 0.270 e. The molecule has 4 nitrogen and oxygen atoms in total. The normalized spacial score (nSPS) is 10.3. The van der Waals surface area contributed by atoms with Gasteiger partial charge in [0, 0.05) is 11.4 Å². The van der Waals surface area contributed by atoms with Crippen LogP contribution in [0, 0.1) is 18.3 Å². The summed E-state index contributed by atoms with van der Waals surface area (Å²) in [6.45, 7) is 1.92. The Balaban J connectivity index is 2.39. The number of aromatic amines is 1. The molecule has 0 saturated heterocycles. The number of H-pyrrole nitrogens is 1. The molecular weight excluding hydrogens is 294 g/mol. The lowest BCUT2D eigenvalue weighted by atomic mass is 10.1. The molecule has 0 bridgehead atoms. The topological polar surface area (TPSA) is 69.5 Å². The third-order valence-electron chi connectivity index (χ3n) is 2.83. The molecule has 1 aromatic carbocycles. The first-order chi connectivity index (χ1) is 9.55. The van der Waals surface area contributed by atoms with Crippen LogP contribution in [0.2, 0.25) is 5.02 Å². The van der Waals surface area contributed by atoms with Crippen LogP contribution >= 0.6 is 23.4 Å². The average molecular weight is 306 g/mol. The van der Waals surface area contributed by atoms with E-state index in [1.807, 2.05) is 31.2 Å². The van der Waals surface area contributed by atoms with E-state index in [1.165, 1.54) is 11.8 Å². The number of nitrogens with zero attached hydrogens (tertiary/aromatic N) is 2. The Morgan fingerprint density at radius 2 is 2.25 bits per heavy atom. The van der Waals surface area contributed by atoms with Gasteiger partial charge >= 0.3 is 0 Å². The van der Waals surface area contributed by atoms with Gasteiger partial charge in [0.15, 0.2) is 0 Å². The third-order valence-corrected chi connectivity index (χ3v) is 3.94. The molecule has 1 aromatic heterocycles. The molecule has 0 saturated carbocycles. The van der Waals surface area contributed by atoms with Gasteiger partial charge < -0.3 is 4.98 Å². The van der Waals surface area contributed by atoms with Crippen LogP contribution in [-0.2, 0) is 6.42 Å². The molecule has 0 atom stereocenters. The largest absolute Gasteiger partial charge is 0.309 e. The van der Waals surface area contributed by atoms with Crippen LogP contribution in [-0.4, -0.2) is 16.2 Å². The van der Waals surface area contributed by atoms with Gasteiger partial charge in [0.05, 0.1) is 0 Å². The zero-order chi connectivity index (χ0) is 14.7. The molecule has 0 spiro atoms. The molecule has 2 rings (SSSR count). The van der Waals surface area contributed by atoms with E-state index in [1.54, 1.807) is 6.26 Å². The van der Waals surface area contributed by atoms with E-state index in [9.17, 15) is 4.79 Å². The number of aromatic nitrogens is 2. The van der Waals surface area contributed by atoms with Crippen molar-refractivity contribution in [3.8, 4) is 6.07 Å². The molecule has 102 valence electrons. The SMILES string of the molecule is CSc1nc(Cc2ccc(Cl)c(C)c2)[nH]c(=O)c1C#N. The number of aryl methyl sites for hydroxylation is 1. The molecule has 0 radical (unpaired) electrons. The van der Waals surface area contributed by atoms with Gasteiger partial charge in [-0.2, -0.15) is 5.26 Å². The zero-order valence-electron chi connectivity index (χ0n) is 11.0. The van der Waals surface area contributed by atoms with Crippen molar-refractivity contribution < 1.29 is 0 Å². The summed E-state index contributed by atoms with van der Waals surface area (Å²) in [4.78, 5) is 18.8. The molecule has 1 heterocycles. The minimum atomic E-state index is -0.396. The first kappa shape index (κ1) is 14.6. The van der Waals surface area contributed by atoms with Crippen molar-refractivity contribution in [2.24, 2.45) is 0 Å². The van der Waals surface area contributed by atoms with Crippen molar-refractivity contribution in [3.05, 3.63) is 56.1 Å². The summed E-state index contributed by atoms with van der Waals surface area (Å²) in [5, 5.41) is 10.1. The Morgan fingerprint density at radius 3 is 2.85 bits per heavy atom. The second-order valence-corrected chi connectivity index (χ2v) is 5.47. The number of thioether (sulfide) groups is 1. The number of halogens is 1. The summed E-state index contributed by atoms with van der Waals surface area (Å²) in [6, 6.07) is 7.55. The van der Waals surface area contributed by atoms with Crippen molar-refractivity contribution in [1.82, 2.24) is 9.97 Å². The highest BCUT2D eigenvalue weighted by molar-refractivity contribution is 7.98. The van der Waals surface area contributed by atoms with Crippen molar-refractivity contribution in [2.75, 3.05) is 6.26 Å². The van der Waals surface area contributed by atoms with Gasteiger partial charge in [-0.15, -0.1) is 11.8 Å². The van der Waals surface area contributed by atoms with Crippen molar-refractivity contribution in [3.63, 3.8) is 0 Å². The lowest BCUT2D eigenvalue weighted by Crippen LogP contribution is -2.16. The molecule has 20 heavy (non-hydrogen) atoms. The summed E-state index contributed by atoms with van der Waals surface area (Å²) >= 11 is 7.27. The summed E-state index contributed by atoms with van der Waals surface area (Å²) in [5.74, 6) is 0.542. The Hall–Kier alpha value is -1.77. The van der Waals surface area contributed by atoms with Crippen LogP contribution in [0.25, 0.3) is 0 Å². The van der Waals surface area contributed by atoms with E-state index in [4.69, 9.17) is 16.9 Å². The van der Waals surface area contributed by atoms with E-state index < -0.39 is 5.56 Å². The van der Waals surface area contributed by atoms with E-state index >= 15 is 0 Å². The fourth-order valence-electron chi connectivity index (χ4n) is 1.84. The van der Waals surface area contributed by atoms with E-state index in [2.05, 4.69) is 9.97 Å². The fourth-order valence-corrected chi connectivity index (χ4v) is 2.50. The van der Waals surface area contributed by atoms with Crippen LogP contribution in [0.4, 0.5) is 0 Å². The highest BCUT2D eigenvalue weighted by Crippen LogP contribution is 2.19. The second-order valence-electron chi connectivity index (χ2n) is 4.27. The standard InChI is InChI=1S/C14H12ClN3OS/c1-8-5-9(3-4-11(8)15)6-12-17-13(19)10(7-16)14(18-12)20-2/h3-5H,6H2,1-2H3,(H,17,18,19). The molecule has 6 heteroatoms. The number of benzene rings is 1. The van der Waals surface area contributed by atoms with Gasteiger partial charge in [-0.25, -0.2) is 4.98 Å². The molecule has 0 aliphatic carbocycles. The van der Waals surface area contributed by atoms with Gasteiger partial charge in [0.1, 0.15) is 22.5 Å². The van der Waals surface area contributed by atoms with E-state index in [-0.39, 0.29) is 5.56 Å². The lowest BCUT2D eigenvalue weighted by molar-refractivity contribution is 0.880. The van der Waals surface area contributed by atoms with E-state index in [0.29, 0.717) is 22.3 Å². The lowest BCUT2D eigenvalue weighted by Gasteiger charge is -2.06. The van der Waals surface area contributed by atoms with Crippen LogP contribution in [0.5, 0.6) is 0 Å². The summed E-state index contributed by atoms with van der Waals surface area (Å²) in [6.07, 6.45) is 2.28. The Morgan fingerprint density at radius 1 is 1.50 bits per heavy atom. The van der Waals surface area contributed by atoms with Crippen LogP contribution < -0.4 is 5.56 Å². The van der Waals surface area contributed by atoms with Crippen LogP contribution in [0.1, 0.15) is 22.5 Å². The minimum absolute atomic E-state index is 0.0635. The summed E-state index contributed by atoms with van der Waals surface area (Å²) in [5.41, 5.74) is 1.65. The predicted molar refractivity (Wildman–Crippen MR) is 80.3 cm³/mol. The number of hydrogen-bond donors (Lipinski definition) is 1. The molecule has 0 unspecified atom stereocenters. The molecular formula is C14H12ClN3OS. The zero-order valence-corrected chi connectivity index (χ0v) is 12.6. The number of hydrogen-bond acceptors (Lipinski definition) is 4. The van der Waals surface area contributed by atoms with Gasteiger partial charge in [0.2, 0.25) is 0 Å². The number of nitrogens with one attached hydrogen (secondary N) is 1. The van der Waals surface area contributed by atoms with Gasteiger partial charge in [0.25, 0.3) is 5.56 Å². The van der Waals surface area contributed by atoms with Crippen LogP contribution in [0.15, 0.2) is 28.0 Å². The summed E-state index contributed by atoms with van der Waals surface area (Å²) in [7, 11) is 0. The van der Waals surface area contributed by atoms with E-state index in [0.717, 1.165) is 11.1 Å². The maximum Gasteiger partial charge on any atom is 0.270 e. The maximum absolute atomic E-state index is 11.8. The first-order valence-corrected chi connectivity index (χ1v) is 7.47. The Bertz CT molecular complexity index is 749. The van der Waals surface area contributed by atoms with Gasteiger partial charge in [-0.05, 0) is 30.4 Å². The monoisotopic (exact) mass is 305 g/mol.